The first kappa shape index (κ1) is 13.1. The lowest BCUT2D eigenvalue weighted by Crippen LogP contribution is -2.26. The molecule has 0 aliphatic carbocycles. The molecule has 1 saturated heterocycles. The molecule has 1 rings (SSSR count). The molecule has 0 N–H and O–H groups in total. The van der Waals surface area contributed by atoms with Gasteiger partial charge in [-0.15, -0.1) is 0 Å². The third-order valence-corrected chi connectivity index (χ3v) is 2.43. The van der Waals surface area contributed by atoms with Crippen LogP contribution in [0.2, 0.25) is 0 Å². The average molecular weight is 198 g/mol. The number of hydrogen-bond acceptors (Lipinski definition) is 2. The topological polar surface area (TPSA) is 32.7 Å². The van der Waals surface area contributed by atoms with Crippen LogP contribution >= 0.6 is 0 Å². The van der Waals surface area contributed by atoms with Gasteiger partial charge < -0.3 is 9.89 Å². The van der Waals surface area contributed by atoms with E-state index in [0.29, 0.717) is 11.8 Å². The molecular formula is C11H22N2O. The lowest BCUT2D eigenvalue weighted by atomic mass is 10.1. The maximum Gasteiger partial charge on any atom is 0.222 e. The minimum absolute atomic E-state index is 0. The number of hydrogen-bond donors (Lipinski definition) is 0. The number of likely N-dealkylation sites (tertiary alicyclic amines) is 1. The molecule has 1 unspecified atom stereocenters. The highest BCUT2D eigenvalue weighted by Crippen LogP contribution is 2.11. The van der Waals surface area contributed by atoms with Gasteiger partial charge in [0.15, 0.2) is 0 Å². The number of nitrogens with zero attached hydrogens (tertiary/aromatic N) is 2. The summed E-state index contributed by atoms with van der Waals surface area (Å²) in [6, 6.07) is 0. The van der Waals surface area contributed by atoms with Crippen LogP contribution in [0, 0.1) is 5.92 Å². The molecule has 1 amide bonds. The molecule has 3 heteroatoms. The Morgan fingerprint density at radius 2 is 2.36 bits per heavy atom. The second-order valence-corrected chi connectivity index (χ2v) is 3.66. The van der Waals surface area contributed by atoms with Gasteiger partial charge in [0.1, 0.15) is 0 Å². The maximum atomic E-state index is 11.2. The Balaban J connectivity index is 0.00000169. The van der Waals surface area contributed by atoms with Gasteiger partial charge >= 0.3 is 0 Å². The Labute approximate surface area is 87.2 Å². The van der Waals surface area contributed by atoms with Crippen LogP contribution in [0.5, 0.6) is 0 Å². The van der Waals surface area contributed by atoms with Gasteiger partial charge in [-0.05, 0) is 18.8 Å². The standard InChI is InChI=1S/C10H18N2O.CH4/c1-9(8-11-2)5-7-12-6-3-4-10(12)13;/h8-9H,3-7H2,1-2H3;1H4. The van der Waals surface area contributed by atoms with Crippen molar-refractivity contribution in [2.24, 2.45) is 10.9 Å². The van der Waals surface area contributed by atoms with Crippen molar-refractivity contribution in [2.75, 3.05) is 20.1 Å². The van der Waals surface area contributed by atoms with Crippen molar-refractivity contribution in [1.29, 1.82) is 0 Å². The summed E-state index contributed by atoms with van der Waals surface area (Å²) in [5.74, 6) is 0.805. The Morgan fingerprint density at radius 1 is 1.64 bits per heavy atom. The molecule has 82 valence electrons. The molecule has 1 aliphatic rings. The zero-order valence-corrected chi connectivity index (χ0v) is 8.49. The molecule has 0 bridgehead atoms. The van der Waals surface area contributed by atoms with E-state index < -0.39 is 0 Å². The molecule has 0 spiro atoms. The molecule has 1 atom stereocenters. The minimum atomic E-state index is 0. The SMILES string of the molecule is C.CN=CC(C)CCN1CCCC1=O. The van der Waals surface area contributed by atoms with E-state index >= 15 is 0 Å². The quantitative estimate of drug-likeness (QED) is 0.636. The highest BCUT2D eigenvalue weighted by Gasteiger charge is 2.19. The Kier molecular flexibility index (Phi) is 6.17. The number of amides is 1. The number of carbonyl (C=O) groups excluding carboxylic acids is 1. The highest BCUT2D eigenvalue weighted by molar-refractivity contribution is 5.78. The van der Waals surface area contributed by atoms with Gasteiger partial charge in [0, 0.05) is 32.8 Å². The largest absolute Gasteiger partial charge is 0.343 e. The van der Waals surface area contributed by atoms with Crippen LogP contribution in [-0.2, 0) is 4.79 Å². The van der Waals surface area contributed by atoms with Gasteiger partial charge in [-0.25, -0.2) is 0 Å². The molecule has 1 aliphatic heterocycles. The summed E-state index contributed by atoms with van der Waals surface area (Å²) < 4.78 is 0. The molecule has 0 saturated carbocycles. The van der Waals surface area contributed by atoms with E-state index in [2.05, 4.69) is 11.9 Å². The van der Waals surface area contributed by atoms with Gasteiger partial charge in [0.05, 0.1) is 0 Å². The fourth-order valence-corrected chi connectivity index (χ4v) is 1.63. The normalized spacial score (nSPS) is 18.7. The second kappa shape index (κ2) is 6.57. The zero-order chi connectivity index (χ0) is 9.68. The van der Waals surface area contributed by atoms with Crippen LogP contribution < -0.4 is 0 Å². The molecule has 1 fully saturated rings. The van der Waals surface area contributed by atoms with Crippen molar-refractivity contribution in [3.8, 4) is 0 Å². The summed E-state index contributed by atoms with van der Waals surface area (Å²) in [7, 11) is 1.79. The van der Waals surface area contributed by atoms with Gasteiger partial charge in [0.25, 0.3) is 0 Å². The monoisotopic (exact) mass is 198 g/mol. The van der Waals surface area contributed by atoms with Crippen LogP contribution in [0.25, 0.3) is 0 Å². The summed E-state index contributed by atoms with van der Waals surface area (Å²) in [6.45, 7) is 3.98. The van der Waals surface area contributed by atoms with E-state index in [9.17, 15) is 4.79 Å². The number of aliphatic imine (C=N–C) groups is 1. The van der Waals surface area contributed by atoms with Crippen LogP contribution in [0.1, 0.15) is 33.6 Å². The molecule has 0 aromatic heterocycles. The molecule has 0 aromatic rings. The van der Waals surface area contributed by atoms with Gasteiger partial charge in [-0.3, -0.25) is 4.79 Å². The van der Waals surface area contributed by atoms with Gasteiger partial charge in [-0.2, -0.15) is 0 Å². The first-order valence-electron chi connectivity index (χ1n) is 4.94. The first-order chi connectivity index (χ1) is 6.24. The molecular weight excluding hydrogens is 176 g/mol. The van der Waals surface area contributed by atoms with Crippen molar-refractivity contribution in [3.05, 3.63) is 0 Å². The summed E-state index contributed by atoms with van der Waals surface area (Å²) in [4.78, 5) is 17.2. The number of rotatable bonds is 4. The highest BCUT2D eigenvalue weighted by atomic mass is 16.2. The molecule has 0 aromatic carbocycles. The van der Waals surface area contributed by atoms with Crippen LogP contribution in [0.3, 0.4) is 0 Å². The summed E-state index contributed by atoms with van der Waals surface area (Å²) in [6.07, 6.45) is 4.76. The molecule has 1 heterocycles. The minimum Gasteiger partial charge on any atom is -0.343 e. The summed E-state index contributed by atoms with van der Waals surface area (Å²) in [5, 5.41) is 0. The summed E-state index contributed by atoms with van der Waals surface area (Å²) >= 11 is 0. The Bertz CT molecular complexity index is 201. The third-order valence-electron chi connectivity index (χ3n) is 2.43. The van der Waals surface area contributed by atoms with E-state index in [-0.39, 0.29) is 7.43 Å². The summed E-state index contributed by atoms with van der Waals surface area (Å²) in [5.41, 5.74) is 0. The van der Waals surface area contributed by atoms with Crippen molar-refractivity contribution < 1.29 is 4.79 Å². The maximum absolute atomic E-state index is 11.2. The fourth-order valence-electron chi connectivity index (χ4n) is 1.63. The molecule has 3 nitrogen and oxygen atoms in total. The fraction of sp³-hybridized carbons (Fsp3) is 0.818. The van der Waals surface area contributed by atoms with Crippen molar-refractivity contribution in [3.63, 3.8) is 0 Å². The van der Waals surface area contributed by atoms with Gasteiger partial charge in [-0.1, -0.05) is 14.4 Å². The van der Waals surface area contributed by atoms with Crippen molar-refractivity contribution >= 4 is 12.1 Å². The predicted octanol–water partition coefficient (Wildman–Crippen LogP) is 1.97. The number of carbonyl (C=O) groups is 1. The van der Waals surface area contributed by atoms with Crippen molar-refractivity contribution in [2.45, 2.75) is 33.6 Å². The van der Waals surface area contributed by atoms with E-state index in [4.69, 9.17) is 0 Å². The van der Waals surface area contributed by atoms with E-state index in [1.807, 2.05) is 11.1 Å². The Morgan fingerprint density at radius 3 is 2.86 bits per heavy atom. The lowest BCUT2D eigenvalue weighted by molar-refractivity contribution is -0.127. The van der Waals surface area contributed by atoms with Crippen molar-refractivity contribution in [1.82, 2.24) is 4.90 Å². The van der Waals surface area contributed by atoms with E-state index in [1.54, 1.807) is 7.05 Å². The predicted molar refractivity (Wildman–Crippen MR) is 60.7 cm³/mol. The van der Waals surface area contributed by atoms with E-state index in [0.717, 1.165) is 32.4 Å². The second-order valence-electron chi connectivity index (χ2n) is 3.66. The molecule has 14 heavy (non-hydrogen) atoms. The van der Waals surface area contributed by atoms with Crippen LogP contribution in [0.15, 0.2) is 4.99 Å². The van der Waals surface area contributed by atoms with Crippen LogP contribution in [-0.4, -0.2) is 37.2 Å². The van der Waals surface area contributed by atoms with Gasteiger partial charge in [0.2, 0.25) is 5.91 Å². The third kappa shape index (κ3) is 3.90. The smallest absolute Gasteiger partial charge is 0.222 e. The first-order valence-corrected chi connectivity index (χ1v) is 4.94. The molecule has 0 radical (unpaired) electrons. The lowest BCUT2D eigenvalue weighted by Gasteiger charge is -2.16. The average Bonchev–Trinajstić information content (AvgIpc) is 2.48. The van der Waals surface area contributed by atoms with Crippen LogP contribution in [0.4, 0.5) is 0 Å². The van der Waals surface area contributed by atoms with E-state index in [1.165, 1.54) is 0 Å². The zero-order valence-electron chi connectivity index (χ0n) is 8.49. The Hall–Kier alpha value is -0.860.